The van der Waals surface area contributed by atoms with E-state index in [4.69, 9.17) is 0 Å². The predicted molar refractivity (Wildman–Crippen MR) is 169 cm³/mol. The van der Waals surface area contributed by atoms with E-state index in [0.29, 0.717) is 5.56 Å². The number of ketones is 3. The molecule has 0 aromatic heterocycles. The first kappa shape index (κ1) is 31.5. The van der Waals surface area contributed by atoms with Crippen molar-refractivity contribution in [2.45, 2.75) is 79.2 Å². The first-order valence-corrected chi connectivity index (χ1v) is 15.1. The van der Waals surface area contributed by atoms with Gasteiger partial charge in [-0.3, -0.25) is 14.4 Å². The third-order valence-electron chi connectivity index (χ3n) is 10.2. The van der Waals surface area contributed by atoms with Crippen LogP contribution in [0.5, 0.6) is 5.75 Å². The van der Waals surface area contributed by atoms with Crippen LogP contribution in [0.2, 0.25) is 0 Å². The lowest BCUT2D eigenvalue weighted by atomic mass is 9.44. The normalized spacial score (nSPS) is 28.8. The lowest BCUT2D eigenvalue weighted by molar-refractivity contribution is -0.171. The van der Waals surface area contributed by atoms with Crippen molar-refractivity contribution in [2.75, 3.05) is 0 Å². The second-order valence-corrected chi connectivity index (χ2v) is 14.7. The van der Waals surface area contributed by atoms with Gasteiger partial charge in [-0.2, -0.15) is 0 Å². The number of aliphatic hydroxyl groups is 3. The number of hydrogen-bond donors (Lipinski definition) is 4. The Labute approximate surface area is 258 Å². The molecule has 3 aliphatic rings. The number of aromatic hydroxyl groups is 1. The highest BCUT2D eigenvalue weighted by molar-refractivity contribution is 6.25. The van der Waals surface area contributed by atoms with Gasteiger partial charge < -0.3 is 20.4 Å². The van der Waals surface area contributed by atoms with Gasteiger partial charge in [0.1, 0.15) is 22.8 Å². The number of allylic oxidation sites excluding steroid dienone is 2. The van der Waals surface area contributed by atoms with Crippen LogP contribution in [-0.2, 0) is 21.4 Å². The number of aliphatic hydroxyl groups excluding tert-OH is 2. The fraction of sp³-hybridized carbons (Fsp3) is 0.432. The Kier molecular flexibility index (Phi) is 7.17. The summed E-state index contributed by atoms with van der Waals surface area (Å²) in [5.74, 6) is -5.20. The molecular weight excluding hydrogens is 556 g/mol. The molecule has 5 rings (SSSR count). The summed E-state index contributed by atoms with van der Waals surface area (Å²) in [6.45, 7) is 14.6. The number of carbonyl (C=O) groups is 3. The Morgan fingerprint density at radius 2 is 1.59 bits per heavy atom. The molecule has 7 heteroatoms. The predicted octanol–water partition coefficient (Wildman–Crippen LogP) is 6.81. The second-order valence-electron chi connectivity index (χ2n) is 14.7. The van der Waals surface area contributed by atoms with E-state index < -0.39 is 56.8 Å². The van der Waals surface area contributed by atoms with Gasteiger partial charge in [0.25, 0.3) is 0 Å². The van der Waals surface area contributed by atoms with Crippen molar-refractivity contribution in [3.05, 3.63) is 86.9 Å². The summed E-state index contributed by atoms with van der Waals surface area (Å²) in [5.41, 5.74) is -2.35. The molecule has 4 N–H and O–H groups in total. The fourth-order valence-corrected chi connectivity index (χ4v) is 8.19. The molecule has 3 aliphatic carbocycles. The summed E-state index contributed by atoms with van der Waals surface area (Å²) in [6.07, 6.45) is 4.11. The van der Waals surface area contributed by atoms with Gasteiger partial charge in [-0.25, -0.2) is 0 Å². The van der Waals surface area contributed by atoms with Crippen LogP contribution in [0.15, 0.2) is 59.1 Å². The molecule has 2 aromatic rings. The monoisotopic (exact) mass is 598 g/mol. The van der Waals surface area contributed by atoms with Crippen molar-refractivity contribution in [1.29, 1.82) is 0 Å². The zero-order chi connectivity index (χ0) is 32.7. The second kappa shape index (κ2) is 10.0. The summed E-state index contributed by atoms with van der Waals surface area (Å²) in [5, 5.41) is 46.2. The number of rotatable bonds is 4. The van der Waals surface area contributed by atoms with Crippen LogP contribution in [0, 0.1) is 22.7 Å². The summed E-state index contributed by atoms with van der Waals surface area (Å²) in [4.78, 5) is 40.6. The van der Waals surface area contributed by atoms with Crippen LogP contribution in [0.25, 0.3) is 12.2 Å². The van der Waals surface area contributed by atoms with Gasteiger partial charge in [0, 0.05) is 22.3 Å². The number of fused-ring (bicyclic) bond motifs is 3. The Bertz CT molecular complexity index is 1700. The topological polar surface area (TPSA) is 132 Å². The molecule has 0 heterocycles. The summed E-state index contributed by atoms with van der Waals surface area (Å²) in [7, 11) is 0. The zero-order valence-corrected chi connectivity index (χ0v) is 26.7. The van der Waals surface area contributed by atoms with E-state index in [0.717, 1.165) is 18.1 Å². The van der Waals surface area contributed by atoms with Gasteiger partial charge >= 0.3 is 0 Å². The standard InChI is InChI=1S/C37H42O7/c1-19(2)28-30(40)26(20(3)38)32(42)37(44)33(43)29-31(41)27-24(17-35(29,7)18-36(28,37)8)22(13-16-25(27)39)12-9-21-10-14-23(15-11-21)34(4,5)6/h9-16,19,28,39-40,43-44H,17-18H2,1-8H3/b12-9+/t28?,35-,36-,37+/m1/s1. The number of carbonyl (C=O) groups excluding carboxylic acids is 3. The lowest BCUT2D eigenvalue weighted by Crippen LogP contribution is -2.67. The number of benzene rings is 2. The van der Waals surface area contributed by atoms with Crippen LogP contribution in [0.1, 0.15) is 94.4 Å². The van der Waals surface area contributed by atoms with Gasteiger partial charge in [-0.15, -0.1) is 0 Å². The van der Waals surface area contributed by atoms with Crippen LogP contribution in [0.4, 0.5) is 0 Å². The Morgan fingerprint density at radius 3 is 2.14 bits per heavy atom. The van der Waals surface area contributed by atoms with E-state index in [-0.39, 0.29) is 41.1 Å². The SMILES string of the molecule is CC(=O)C1=C(O)C(C(C)C)[C@@]2(C)C[C@@]3(C)Cc4c(/C=C/c5ccc(C(C)(C)C)cc5)ccc(O)c4C(=O)C3=C(O)[C@@]2(O)C1=O. The molecule has 0 amide bonds. The first-order chi connectivity index (χ1) is 20.3. The van der Waals surface area contributed by atoms with Crippen LogP contribution >= 0.6 is 0 Å². The van der Waals surface area contributed by atoms with E-state index >= 15 is 0 Å². The van der Waals surface area contributed by atoms with Gasteiger partial charge in [-0.1, -0.05) is 91.0 Å². The van der Waals surface area contributed by atoms with Crippen molar-refractivity contribution in [2.24, 2.45) is 22.7 Å². The molecule has 7 nitrogen and oxygen atoms in total. The Morgan fingerprint density at radius 1 is 0.977 bits per heavy atom. The van der Waals surface area contributed by atoms with Crippen LogP contribution in [-0.4, -0.2) is 43.4 Å². The van der Waals surface area contributed by atoms with Gasteiger partial charge in [-0.05, 0) is 59.4 Å². The average molecular weight is 599 g/mol. The average Bonchev–Trinajstić information content (AvgIpc) is 2.89. The highest BCUT2D eigenvalue weighted by Crippen LogP contribution is 2.65. The lowest BCUT2D eigenvalue weighted by Gasteiger charge is -2.59. The van der Waals surface area contributed by atoms with Gasteiger partial charge in [0.05, 0.1) is 5.56 Å². The zero-order valence-electron chi connectivity index (χ0n) is 26.7. The summed E-state index contributed by atoms with van der Waals surface area (Å²) >= 11 is 0. The molecule has 1 unspecified atom stereocenters. The van der Waals surface area contributed by atoms with Crippen LogP contribution in [0.3, 0.4) is 0 Å². The molecular formula is C37H42O7. The quantitative estimate of drug-likeness (QED) is 0.224. The summed E-state index contributed by atoms with van der Waals surface area (Å²) < 4.78 is 0. The Hall–Kier alpha value is -3.97. The fourth-order valence-electron chi connectivity index (χ4n) is 8.19. The van der Waals surface area contributed by atoms with Gasteiger partial charge in [0.15, 0.2) is 17.2 Å². The molecule has 44 heavy (non-hydrogen) atoms. The van der Waals surface area contributed by atoms with Crippen LogP contribution < -0.4 is 0 Å². The van der Waals surface area contributed by atoms with Crippen molar-refractivity contribution >= 4 is 29.5 Å². The molecule has 0 spiro atoms. The number of hydrogen-bond acceptors (Lipinski definition) is 7. The molecule has 0 saturated heterocycles. The molecule has 2 aromatic carbocycles. The largest absolute Gasteiger partial charge is 0.511 e. The van der Waals surface area contributed by atoms with E-state index in [1.807, 2.05) is 38.1 Å². The van der Waals surface area contributed by atoms with Crippen molar-refractivity contribution in [3.63, 3.8) is 0 Å². The third kappa shape index (κ3) is 4.31. The maximum atomic E-state index is 14.2. The van der Waals surface area contributed by atoms with E-state index in [1.54, 1.807) is 19.9 Å². The maximum absolute atomic E-state index is 14.2. The smallest absolute Gasteiger partial charge is 0.209 e. The highest BCUT2D eigenvalue weighted by atomic mass is 16.3. The molecule has 0 saturated carbocycles. The molecule has 0 fully saturated rings. The minimum atomic E-state index is -2.62. The van der Waals surface area contributed by atoms with E-state index in [9.17, 15) is 34.8 Å². The number of Topliss-reactive ketones (excluding diaryl/α,β-unsaturated/α-hetero) is 3. The Balaban J connectivity index is 1.68. The van der Waals surface area contributed by atoms with Gasteiger partial charge in [0.2, 0.25) is 5.78 Å². The molecule has 0 radical (unpaired) electrons. The summed E-state index contributed by atoms with van der Waals surface area (Å²) in [6, 6.07) is 11.4. The molecule has 232 valence electrons. The van der Waals surface area contributed by atoms with Crippen molar-refractivity contribution < 1.29 is 34.8 Å². The first-order valence-electron chi connectivity index (χ1n) is 15.1. The number of phenolic OH excluding ortho intramolecular Hbond substituents is 1. The van der Waals surface area contributed by atoms with Crippen molar-refractivity contribution in [3.8, 4) is 5.75 Å². The van der Waals surface area contributed by atoms with Crippen molar-refractivity contribution in [1.82, 2.24) is 0 Å². The minimum Gasteiger partial charge on any atom is -0.511 e. The third-order valence-corrected chi connectivity index (χ3v) is 10.2. The number of phenols is 1. The van der Waals surface area contributed by atoms with E-state index in [2.05, 4.69) is 32.9 Å². The van der Waals surface area contributed by atoms with E-state index in [1.165, 1.54) is 11.6 Å². The molecule has 0 bridgehead atoms. The maximum Gasteiger partial charge on any atom is 0.209 e. The molecule has 0 aliphatic heterocycles. The highest BCUT2D eigenvalue weighted by Gasteiger charge is 2.71. The minimum absolute atomic E-state index is 0.00954. The molecule has 4 atom stereocenters.